The quantitative estimate of drug-likeness (QED) is 0.345. The standard InChI is InChI=1S/C22H20F3N5OS/c1-3-12-29(13-4-2)19(31)15-32-21-28-27-20(16-8-10-26-11-9-16)30(21)18-7-5-6-17(14-18)22(23,24)25/h3-11,14H,1-2,12-13,15H2. The molecule has 2 aromatic heterocycles. The number of halogens is 3. The fourth-order valence-corrected chi connectivity index (χ4v) is 3.77. The molecular formula is C22H20F3N5OS. The second-order valence-corrected chi connectivity index (χ2v) is 7.53. The number of rotatable bonds is 9. The molecule has 0 saturated heterocycles. The van der Waals surface area contributed by atoms with Crippen molar-refractivity contribution >= 4 is 17.7 Å². The van der Waals surface area contributed by atoms with Gasteiger partial charge < -0.3 is 4.90 Å². The number of thioether (sulfide) groups is 1. The Kier molecular flexibility index (Phi) is 7.47. The van der Waals surface area contributed by atoms with E-state index >= 15 is 0 Å². The van der Waals surface area contributed by atoms with Crippen LogP contribution >= 0.6 is 11.8 Å². The molecule has 166 valence electrons. The van der Waals surface area contributed by atoms with Gasteiger partial charge in [0.1, 0.15) is 0 Å². The van der Waals surface area contributed by atoms with Gasteiger partial charge in [-0.2, -0.15) is 13.2 Å². The molecule has 0 radical (unpaired) electrons. The Balaban J connectivity index is 1.99. The maximum Gasteiger partial charge on any atom is 0.416 e. The summed E-state index contributed by atoms with van der Waals surface area (Å²) in [6.07, 6.45) is 1.83. The van der Waals surface area contributed by atoms with Crippen molar-refractivity contribution in [3.05, 3.63) is 79.7 Å². The molecule has 0 saturated carbocycles. The Morgan fingerprint density at radius 2 is 1.78 bits per heavy atom. The second kappa shape index (κ2) is 10.3. The minimum Gasteiger partial charge on any atom is -0.335 e. The van der Waals surface area contributed by atoms with Gasteiger partial charge in [0.15, 0.2) is 11.0 Å². The van der Waals surface area contributed by atoms with Crippen molar-refractivity contribution in [2.75, 3.05) is 18.8 Å². The molecule has 3 rings (SSSR count). The molecule has 1 amide bonds. The normalized spacial score (nSPS) is 11.2. The highest BCUT2D eigenvalue weighted by atomic mass is 32.2. The average molecular weight is 459 g/mol. The lowest BCUT2D eigenvalue weighted by atomic mass is 10.2. The number of hydrogen-bond acceptors (Lipinski definition) is 5. The Morgan fingerprint density at radius 3 is 2.41 bits per heavy atom. The number of aromatic nitrogens is 4. The summed E-state index contributed by atoms with van der Waals surface area (Å²) in [6.45, 7) is 8.00. The maximum atomic E-state index is 13.3. The highest BCUT2D eigenvalue weighted by molar-refractivity contribution is 7.99. The van der Waals surface area contributed by atoms with E-state index in [0.717, 1.165) is 23.9 Å². The molecule has 0 aliphatic rings. The molecule has 0 aliphatic heterocycles. The summed E-state index contributed by atoms with van der Waals surface area (Å²) >= 11 is 1.09. The number of amides is 1. The molecule has 0 N–H and O–H groups in total. The first-order valence-corrected chi connectivity index (χ1v) is 10.5. The van der Waals surface area contributed by atoms with Crippen molar-refractivity contribution in [3.63, 3.8) is 0 Å². The summed E-state index contributed by atoms with van der Waals surface area (Å²) in [7, 11) is 0. The van der Waals surface area contributed by atoms with Gasteiger partial charge >= 0.3 is 6.18 Å². The number of alkyl halides is 3. The lowest BCUT2D eigenvalue weighted by molar-refractivity contribution is -0.137. The van der Waals surface area contributed by atoms with Gasteiger partial charge in [0.25, 0.3) is 0 Å². The molecule has 0 bridgehead atoms. The van der Waals surface area contributed by atoms with Crippen molar-refractivity contribution in [1.82, 2.24) is 24.6 Å². The van der Waals surface area contributed by atoms with E-state index in [-0.39, 0.29) is 17.3 Å². The summed E-state index contributed by atoms with van der Waals surface area (Å²) < 4.78 is 41.4. The number of carbonyl (C=O) groups excluding carboxylic acids is 1. The summed E-state index contributed by atoms with van der Waals surface area (Å²) in [6, 6.07) is 8.26. The smallest absolute Gasteiger partial charge is 0.335 e. The third kappa shape index (κ3) is 5.44. The highest BCUT2D eigenvalue weighted by Crippen LogP contribution is 2.33. The number of benzene rings is 1. The predicted molar refractivity (Wildman–Crippen MR) is 117 cm³/mol. The SMILES string of the molecule is C=CCN(CC=C)C(=O)CSc1nnc(-c2ccncc2)n1-c1cccc(C(F)(F)F)c1. The van der Waals surface area contributed by atoms with E-state index in [0.29, 0.717) is 29.6 Å². The van der Waals surface area contributed by atoms with Gasteiger partial charge in [0, 0.05) is 31.0 Å². The number of carbonyl (C=O) groups is 1. The van der Waals surface area contributed by atoms with E-state index in [1.54, 1.807) is 41.6 Å². The monoisotopic (exact) mass is 459 g/mol. The molecule has 0 spiro atoms. The molecule has 0 atom stereocenters. The average Bonchev–Trinajstić information content (AvgIpc) is 3.21. The fraction of sp³-hybridized carbons (Fsp3) is 0.182. The van der Waals surface area contributed by atoms with Crippen LogP contribution in [0, 0.1) is 0 Å². The van der Waals surface area contributed by atoms with Crippen LogP contribution in [0.5, 0.6) is 0 Å². The molecule has 2 heterocycles. The number of nitrogens with zero attached hydrogens (tertiary/aromatic N) is 5. The summed E-state index contributed by atoms with van der Waals surface area (Å²) in [5, 5.41) is 8.62. The van der Waals surface area contributed by atoms with Gasteiger partial charge in [0.2, 0.25) is 5.91 Å². The predicted octanol–water partition coefficient (Wildman–Crippen LogP) is 4.64. The first-order valence-electron chi connectivity index (χ1n) is 9.51. The Labute approximate surface area is 187 Å². The van der Waals surface area contributed by atoms with Gasteiger partial charge in [-0.15, -0.1) is 23.4 Å². The van der Waals surface area contributed by atoms with Crippen LogP contribution in [0.4, 0.5) is 13.2 Å². The highest BCUT2D eigenvalue weighted by Gasteiger charge is 2.31. The molecule has 1 aromatic carbocycles. The van der Waals surface area contributed by atoms with Crippen LogP contribution in [0.15, 0.2) is 79.3 Å². The van der Waals surface area contributed by atoms with Gasteiger partial charge in [0.05, 0.1) is 17.0 Å². The number of hydrogen-bond donors (Lipinski definition) is 0. The van der Waals surface area contributed by atoms with Crippen molar-refractivity contribution in [2.45, 2.75) is 11.3 Å². The molecule has 3 aromatic rings. The van der Waals surface area contributed by atoms with Crippen LogP contribution in [0.2, 0.25) is 0 Å². The van der Waals surface area contributed by atoms with Gasteiger partial charge in [-0.1, -0.05) is 30.0 Å². The Morgan fingerprint density at radius 1 is 1.09 bits per heavy atom. The fourth-order valence-electron chi connectivity index (χ4n) is 2.91. The lowest BCUT2D eigenvalue weighted by Gasteiger charge is -2.19. The molecule has 0 unspecified atom stereocenters. The zero-order valence-electron chi connectivity index (χ0n) is 17.0. The van der Waals surface area contributed by atoms with Crippen molar-refractivity contribution in [2.24, 2.45) is 0 Å². The maximum absolute atomic E-state index is 13.3. The van der Waals surface area contributed by atoms with E-state index < -0.39 is 11.7 Å². The van der Waals surface area contributed by atoms with Crippen LogP contribution in [0.1, 0.15) is 5.56 Å². The van der Waals surface area contributed by atoms with Gasteiger partial charge in [-0.05, 0) is 30.3 Å². The van der Waals surface area contributed by atoms with Crippen molar-refractivity contribution < 1.29 is 18.0 Å². The zero-order valence-corrected chi connectivity index (χ0v) is 17.8. The minimum atomic E-state index is -4.50. The summed E-state index contributed by atoms with van der Waals surface area (Å²) in [4.78, 5) is 18.1. The van der Waals surface area contributed by atoms with E-state index in [1.165, 1.54) is 16.7 Å². The van der Waals surface area contributed by atoms with Crippen LogP contribution in [0.3, 0.4) is 0 Å². The second-order valence-electron chi connectivity index (χ2n) is 6.59. The van der Waals surface area contributed by atoms with Gasteiger partial charge in [-0.25, -0.2) is 0 Å². The molecule has 6 nitrogen and oxygen atoms in total. The minimum absolute atomic E-state index is 0.0229. The molecule has 0 aliphatic carbocycles. The van der Waals surface area contributed by atoms with Crippen LogP contribution in [-0.2, 0) is 11.0 Å². The van der Waals surface area contributed by atoms with E-state index in [1.807, 2.05) is 0 Å². The Hall–Kier alpha value is -3.40. The van der Waals surface area contributed by atoms with Crippen molar-refractivity contribution in [3.8, 4) is 17.1 Å². The first-order chi connectivity index (χ1) is 15.3. The topological polar surface area (TPSA) is 63.9 Å². The zero-order chi connectivity index (χ0) is 23.1. The summed E-state index contributed by atoms with van der Waals surface area (Å²) in [5.74, 6) is 0.185. The van der Waals surface area contributed by atoms with E-state index in [9.17, 15) is 18.0 Å². The molecular weight excluding hydrogens is 439 g/mol. The van der Waals surface area contributed by atoms with Crippen LogP contribution < -0.4 is 0 Å². The third-order valence-corrected chi connectivity index (χ3v) is 5.29. The molecule has 32 heavy (non-hydrogen) atoms. The van der Waals surface area contributed by atoms with Crippen molar-refractivity contribution in [1.29, 1.82) is 0 Å². The third-order valence-electron chi connectivity index (χ3n) is 4.38. The largest absolute Gasteiger partial charge is 0.416 e. The van der Waals surface area contributed by atoms with Crippen LogP contribution in [-0.4, -0.2) is 49.4 Å². The van der Waals surface area contributed by atoms with E-state index in [2.05, 4.69) is 28.3 Å². The Bertz CT molecular complexity index is 1090. The first kappa shape index (κ1) is 23.3. The summed E-state index contributed by atoms with van der Waals surface area (Å²) in [5.41, 5.74) is 0.0724. The van der Waals surface area contributed by atoms with Gasteiger partial charge in [-0.3, -0.25) is 14.3 Å². The lowest BCUT2D eigenvalue weighted by Crippen LogP contribution is -2.32. The van der Waals surface area contributed by atoms with E-state index in [4.69, 9.17) is 0 Å². The molecule has 0 fully saturated rings. The molecule has 10 heteroatoms. The number of pyridine rings is 1. The van der Waals surface area contributed by atoms with Crippen LogP contribution in [0.25, 0.3) is 17.1 Å².